The summed E-state index contributed by atoms with van der Waals surface area (Å²) in [5.74, 6) is 1.07. The molecule has 0 saturated heterocycles. The number of hydrogen-bond acceptors (Lipinski definition) is 6. The average molecular weight is 333 g/mol. The molecule has 6 heteroatoms. The van der Waals surface area contributed by atoms with Gasteiger partial charge in [-0.2, -0.15) is 4.98 Å². The third kappa shape index (κ3) is 2.68. The first-order valence-corrected chi connectivity index (χ1v) is 8.38. The maximum absolute atomic E-state index is 6.03. The summed E-state index contributed by atoms with van der Waals surface area (Å²) < 4.78 is 0. The highest BCUT2D eigenvalue weighted by atomic mass is 32.1. The van der Waals surface area contributed by atoms with Crippen molar-refractivity contribution in [3.8, 4) is 22.4 Å². The van der Waals surface area contributed by atoms with E-state index in [1.165, 1.54) is 11.3 Å². The van der Waals surface area contributed by atoms with Crippen LogP contribution in [0.3, 0.4) is 0 Å². The lowest BCUT2D eigenvalue weighted by Crippen LogP contribution is -2.00. The number of thiophene rings is 1. The van der Waals surface area contributed by atoms with E-state index >= 15 is 0 Å². The van der Waals surface area contributed by atoms with Crippen LogP contribution in [0.15, 0.2) is 54.0 Å². The van der Waals surface area contributed by atoms with E-state index in [1.807, 2.05) is 30.5 Å². The van der Waals surface area contributed by atoms with E-state index < -0.39 is 0 Å². The summed E-state index contributed by atoms with van der Waals surface area (Å²) in [6.07, 6.45) is 1.82. The lowest BCUT2D eigenvalue weighted by Gasteiger charge is -2.03. The van der Waals surface area contributed by atoms with Crippen molar-refractivity contribution in [2.24, 2.45) is 0 Å². The van der Waals surface area contributed by atoms with E-state index in [9.17, 15) is 0 Å². The Kier molecular flexibility index (Phi) is 3.59. The van der Waals surface area contributed by atoms with Crippen LogP contribution in [0.1, 0.15) is 0 Å². The van der Waals surface area contributed by atoms with E-state index in [-0.39, 0.29) is 0 Å². The normalized spacial score (nSPS) is 10.9. The second kappa shape index (κ2) is 5.90. The highest BCUT2D eigenvalue weighted by Gasteiger charge is 2.12. The number of nitrogen functional groups attached to an aromatic ring is 1. The first kappa shape index (κ1) is 14.6. The van der Waals surface area contributed by atoms with Crippen LogP contribution >= 0.6 is 11.3 Å². The van der Waals surface area contributed by atoms with Crippen molar-refractivity contribution >= 4 is 33.3 Å². The van der Waals surface area contributed by atoms with Gasteiger partial charge in [0.25, 0.3) is 0 Å². The van der Waals surface area contributed by atoms with Gasteiger partial charge in [0.2, 0.25) is 5.95 Å². The maximum atomic E-state index is 6.03. The average Bonchev–Trinajstić information content (AvgIpc) is 3.03. The SMILES string of the molecule is CNc1nc(N)c2c(-c3ccccc3)csc2n1.c1cc2cc-2n1. The Hall–Kier alpha value is -2.99. The molecule has 0 atom stereocenters. The minimum absolute atomic E-state index is 0.518. The molecule has 118 valence electrons. The molecule has 1 aliphatic heterocycles. The Labute approximate surface area is 143 Å². The van der Waals surface area contributed by atoms with Crippen molar-refractivity contribution in [3.05, 3.63) is 54.0 Å². The second-order valence-corrected chi connectivity index (χ2v) is 6.17. The highest BCUT2D eigenvalue weighted by molar-refractivity contribution is 7.17. The van der Waals surface area contributed by atoms with Gasteiger partial charge in [-0.1, -0.05) is 30.3 Å². The van der Waals surface area contributed by atoms with Crippen LogP contribution in [0.25, 0.3) is 32.6 Å². The van der Waals surface area contributed by atoms with E-state index in [1.54, 1.807) is 18.4 Å². The number of hydrogen-bond donors (Lipinski definition) is 2. The molecule has 3 N–H and O–H groups in total. The van der Waals surface area contributed by atoms with E-state index in [4.69, 9.17) is 5.73 Å². The van der Waals surface area contributed by atoms with Crippen molar-refractivity contribution in [2.45, 2.75) is 0 Å². The van der Waals surface area contributed by atoms with E-state index in [0.717, 1.165) is 21.3 Å². The summed E-state index contributed by atoms with van der Waals surface area (Å²) in [6, 6.07) is 14.2. The standard InChI is InChI=1S/C13H12N4S.C5H3N/c1-15-13-16-11(14)10-9(7-18-12(10)17-13)8-5-3-2-4-6-8;1-2-6-5-3-4(1)5/h2-7H,1H3,(H3,14,15,16,17);1-3H. The zero-order chi connectivity index (χ0) is 16.5. The fraction of sp³-hybridized carbons (Fsp3) is 0.0556. The molecule has 24 heavy (non-hydrogen) atoms. The molecule has 1 aromatic carbocycles. The molecule has 5 rings (SSSR count). The van der Waals surface area contributed by atoms with Crippen molar-refractivity contribution in [1.82, 2.24) is 15.0 Å². The number of nitrogens with zero attached hydrogens (tertiary/aromatic N) is 3. The molecule has 0 unspecified atom stereocenters. The molecule has 1 aliphatic carbocycles. The molecule has 0 amide bonds. The Bertz CT molecular complexity index is 993. The quantitative estimate of drug-likeness (QED) is 0.510. The summed E-state index contributed by atoms with van der Waals surface area (Å²) in [4.78, 5) is 13.5. The highest BCUT2D eigenvalue weighted by Crippen LogP contribution is 2.36. The van der Waals surface area contributed by atoms with E-state index in [0.29, 0.717) is 11.8 Å². The van der Waals surface area contributed by atoms with Crippen molar-refractivity contribution in [3.63, 3.8) is 0 Å². The zero-order valence-corrected chi connectivity index (χ0v) is 13.8. The van der Waals surface area contributed by atoms with Gasteiger partial charge in [0.1, 0.15) is 10.6 Å². The van der Waals surface area contributed by atoms with E-state index in [2.05, 4.69) is 43.8 Å². The molecule has 2 aromatic heterocycles. The van der Waals surface area contributed by atoms with Gasteiger partial charge in [-0.05, 0) is 17.7 Å². The fourth-order valence-electron chi connectivity index (χ4n) is 2.47. The largest absolute Gasteiger partial charge is 0.383 e. The molecule has 5 nitrogen and oxygen atoms in total. The third-order valence-electron chi connectivity index (χ3n) is 3.74. The Morgan fingerprint density at radius 3 is 2.46 bits per heavy atom. The number of nitrogens with one attached hydrogen (secondary N) is 1. The van der Waals surface area contributed by atoms with Crippen LogP contribution in [-0.4, -0.2) is 22.0 Å². The predicted octanol–water partition coefficient (Wildman–Crippen LogP) is 4.04. The Morgan fingerprint density at radius 1 is 1.04 bits per heavy atom. The molecule has 0 saturated carbocycles. The Morgan fingerprint density at radius 2 is 1.88 bits per heavy atom. The molecular weight excluding hydrogens is 318 g/mol. The lowest BCUT2D eigenvalue weighted by molar-refractivity contribution is 1.21. The van der Waals surface area contributed by atoms with Gasteiger partial charge in [0, 0.05) is 29.8 Å². The molecule has 0 radical (unpaired) electrons. The summed E-state index contributed by atoms with van der Waals surface area (Å²) in [5.41, 5.74) is 10.8. The van der Waals surface area contributed by atoms with Crippen LogP contribution in [-0.2, 0) is 0 Å². The minimum atomic E-state index is 0.518. The number of pyridine rings is 1. The number of anilines is 2. The molecule has 0 bridgehead atoms. The van der Waals surface area contributed by atoms with Gasteiger partial charge in [0.05, 0.1) is 11.1 Å². The van der Waals surface area contributed by atoms with Gasteiger partial charge in [-0.15, -0.1) is 11.3 Å². The summed E-state index contributed by atoms with van der Waals surface area (Å²) >= 11 is 1.58. The first-order valence-electron chi connectivity index (χ1n) is 7.50. The molecule has 3 heterocycles. The van der Waals surface area contributed by atoms with Gasteiger partial charge in [0.15, 0.2) is 0 Å². The molecule has 3 aromatic rings. The van der Waals surface area contributed by atoms with Crippen LogP contribution in [0.4, 0.5) is 11.8 Å². The number of rotatable bonds is 2. The van der Waals surface area contributed by atoms with Gasteiger partial charge in [-0.25, -0.2) is 4.98 Å². The van der Waals surface area contributed by atoms with Crippen molar-refractivity contribution in [1.29, 1.82) is 0 Å². The predicted molar refractivity (Wildman–Crippen MR) is 100 cm³/mol. The summed E-state index contributed by atoms with van der Waals surface area (Å²) in [6.45, 7) is 0. The zero-order valence-electron chi connectivity index (χ0n) is 13.0. The van der Waals surface area contributed by atoms with Crippen molar-refractivity contribution in [2.75, 3.05) is 18.1 Å². The van der Waals surface area contributed by atoms with Crippen LogP contribution < -0.4 is 11.1 Å². The van der Waals surface area contributed by atoms with Gasteiger partial charge in [-0.3, -0.25) is 4.98 Å². The van der Waals surface area contributed by atoms with Crippen LogP contribution in [0.2, 0.25) is 0 Å². The molecule has 0 fully saturated rings. The topological polar surface area (TPSA) is 76.7 Å². The smallest absolute Gasteiger partial charge is 0.225 e. The fourth-order valence-corrected chi connectivity index (χ4v) is 3.42. The maximum Gasteiger partial charge on any atom is 0.225 e. The van der Waals surface area contributed by atoms with Gasteiger partial charge < -0.3 is 11.1 Å². The van der Waals surface area contributed by atoms with Gasteiger partial charge >= 0.3 is 0 Å². The monoisotopic (exact) mass is 333 g/mol. The number of aromatic nitrogens is 3. The molecular formula is C18H15N5S. The van der Waals surface area contributed by atoms with Crippen molar-refractivity contribution < 1.29 is 0 Å². The lowest BCUT2D eigenvalue weighted by atomic mass is 10.1. The number of nitrogens with two attached hydrogens (primary N) is 1. The Balaban J connectivity index is 0.000000201. The van der Waals surface area contributed by atoms with Crippen LogP contribution in [0, 0.1) is 0 Å². The number of benzene rings is 1. The molecule has 0 spiro atoms. The first-order chi connectivity index (χ1) is 11.8. The second-order valence-electron chi connectivity index (χ2n) is 5.31. The summed E-state index contributed by atoms with van der Waals surface area (Å²) in [7, 11) is 1.78. The minimum Gasteiger partial charge on any atom is -0.383 e. The third-order valence-corrected chi connectivity index (χ3v) is 4.61. The summed E-state index contributed by atoms with van der Waals surface area (Å²) in [5, 5.41) is 5.92. The van der Waals surface area contributed by atoms with Crippen LogP contribution in [0.5, 0.6) is 0 Å². The number of fused-ring (bicyclic) bond motifs is 2. The molecule has 2 aliphatic rings.